The van der Waals surface area contributed by atoms with E-state index in [0.29, 0.717) is 31.7 Å². The third-order valence-corrected chi connectivity index (χ3v) is 5.83. The second kappa shape index (κ2) is 7.43. The Morgan fingerprint density at radius 1 is 1.04 bits per heavy atom. The van der Waals surface area contributed by atoms with Crippen LogP contribution in [0.15, 0.2) is 53.4 Å². The van der Waals surface area contributed by atoms with E-state index in [1.54, 1.807) is 29.2 Å². The first-order valence-electron chi connectivity index (χ1n) is 8.24. The van der Waals surface area contributed by atoms with E-state index in [0.717, 1.165) is 5.69 Å². The highest BCUT2D eigenvalue weighted by atomic mass is 32.2. The number of amides is 1. The quantitative estimate of drug-likeness (QED) is 0.881. The molecule has 1 fully saturated rings. The Morgan fingerprint density at radius 3 is 2.31 bits per heavy atom. The molecular formula is C18H20FN3O3S. The molecule has 6 nitrogen and oxygen atoms in total. The standard InChI is InChI=1S/C18H20FN3O3S/c1-20-26(24,25)17-4-2-3-14(13-17)18(23)22-11-9-21(10-12-22)16-7-5-15(19)6-8-16/h2-8,13,20H,9-12H2,1H3. The molecule has 0 radical (unpaired) electrons. The van der Waals surface area contributed by atoms with Gasteiger partial charge in [-0.3, -0.25) is 4.79 Å². The van der Waals surface area contributed by atoms with Crippen LogP contribution in [0, 0.1) is 5.82 Å². The van der Waals surface area contributed by atoms with Crippen LogP contribution < -0.4 is 9.62 Å². The van der Waals surface area contributed by atoms with E-state index < -0.39 is 10.0 Å². The summed E-state index contributed by atoms with van der Waals surface area (Å²) in [4.78, 5) is 16.6. The first kappa shape index (κ1) is 18.3. The van der Waals surface area contributed by atoms with E-state index in [1.165, 1.54) is 31.3 Å². The van der Waals surface area contributed by atoms with E-state index in [4.69, 9.17) is 0 Å². The van der Waals surface area contributed by atoms with Crippen molar-refractivity contribution in [3.8, 4) is 0 Å². The van der Waals surface area contributed by atoms with Crippen molar-refractivity contribution in [1.82, 2.24) is 9.62 Å². The zero-order chi connectivity index (χ0) is 18.7. The number of hydrogen-bond donors (Lipinski definition) is 1. The molecule has 0 saturated carbocycles. The lowest BCUT2D eigenvalue weighted by atomic mass is 10.1. The third kappa shape index (κ3) is 3.86. The first-order valence-corrected chi connectivity index (χ1v) is 9.72. The maximum absolute atomic E-state index is 13.0. The van der Waals surface area contributed by atoms with E-state index >= 15 is 0 Å². The lowest BCUT2D eigenvalue weighted by molar-refractivity contribution is 0.0746. The average molecular weight is 377 g/mol. The van der Waals surface area contributed by atoms with Gasteiger partial charge in [-0.15, -0.1) is 0 Å². The van der Waals surface area contributed by atoms with Gasteiger partial charge in [0.2, 0.25) is 10.0 Å². The highest BCUT2D eigenvalue weighted by Crippen LogP contribution is 2.19. The van der Waals surface area contributed by atoms with Gasteiger partial charge in [0.05, 0.1) is 4.90 Å². The molecule has 0 aliphatic carbocycles. The summed E-state index contributed by atoms with van der Waals surface area (Å²) >= 11 is 0. The summed E-state index contributed by atoms with van der Waals surface area (Å²) in [5.41, 5.74) is 1.26. The van der Waals surface area contributed by atoms with Gasteiger partial charge in [0.15, 0.2) is 0 Å². The molecule has 0 spiro atoms. The van der Waals surface area contributed by atoms with Crippen LogP contribution in [-0.4, -0.2) is 52.5 Å². The van der Waals surface area contributed by atoms with Gasteiger partial charge in [-0.2, -0.15) is 0 Å². The number of nitrogens with zero attached hydrogens (tertiary/aromatic N) is 2. The fourth-order valence-electron chi connectivity index (χ4n) is 2.92. The fourth-order valence-corrected chi connectivity index (χ4v) is 3.69. The van der Waals surface area contributed by atoms with E-state index in [9.17, 15) is 17.6 Å². The minimum atomic E-state index is -3.59. The van der Waals surface area contributed by atoms with Gasteiger partial charge in [0.25, 0.3) is 5.91 Å². The van der Waals surface area contributed by atoms with Gasteiger partial charge in [-0.1, -0.05) is 6.07 Å². The normalized spacial score (nSPS) is 15.2. The minimum absolute atomic E-state index is 0.0656. The molecule has 1 N–H and O–H groups in total. The van der Waals surface area contributed by atoms with Crippen LogP contribution in [-0.2, 0) is 10.0 Å². The van der Waals surface area contributed by atoms with Crippen LogP contribution in [0.4, 0.5) is 10.1 Å². The highest BCUT2D eigenvalue weighted by Gasteiger charge is 2.23. The second-order valence-corrected chi connectivity index (χ2v) is 7.88. The van der Waals surface area contributed by atoms with Crippen molar-refractivity contribution in [3.63, 3.8) is 0 Å². The van der Waals surface area contributed by atoms with Gasteiger partial charge >= 0.3 is 0 Å². The van der Waals surface area contributed by atoms with Crippen LogP contribution >= 0.6 is 0 Å². The van der Waals surface area contributed by atoms with Crippen molar-refractivity contribution in [2.45, 2.75) is 4.90 Å². The molecular weight excluding hydrogens is 357 g/mol. The maximum Gasteiger partial charge on any atom is 0.254 e. The lowest BCUT2D eigenvalue weighted by Gasteiger charge is -2.36. The Labute approximate surface area is 152 Å². The largest absolute Gasteiger partial charge is 0.368 e. The SMILES string of the molecule is CNS(=O)(=O)c1cccc(C(=O)N2CCN(c3ccc(F)cc3)CC2)c1. The van der Waals surface area contributed by atoms with Gasteiger partial charge in [-0.05, 0) is 49.5 Å². The fraction of sp³-hybridized carbons (Fsp3) is 0.278. The van der Waals surface area contributed by atoms with Crippen LogP contribution in [0.5, 0.6) is 0 Å². The van der Waals surface area contributed by atoms with Gasteiger partial charge < -0.3 is 9.80 Å². The smallest absolute Gasteiger partial charge is 0.254 e. The summed E-state index contributed by atoms with van der Waals surface area (Å²) in [6, 6.07) is 12.3. The number of anilines is 1. The second-order valence-electron chi connectivity index (χ2n) is 5.99. The van der Waals surface area contributed by atoms with Gasteiger partial charge in [-0.25, -0.2) is 17.5 Å². The average Bonchev–Trinajstić information content (AvgIpc) is 2.68. The molecule has 2 aromatic carbocycles. The first-order chi connectivity index (χ1) is 12.4. The number of piperazine rings is 1. The number of halogens is 1. The van der Waals surface area contributed by atoms with Crippen molar-refractivity contribution in [2.75, 3.05) is 38.1 Å². The topological polar surface area (TPSA) is 69.7 Å². The summed E-state index contributed by atoms with van der Waals surface area (Å²) < 4.78 is 39.1. The van der Waals surface area contributed by atoms with Crippen LogP contribution in [0.2, 0.25) is 0 Å². The monoisotopic (exact) mass is 377 g/mol. The van der Waals surface area contributed by atoms with Crippen molar-refractivity contribution >= 4 is 21.6 Å². The minimum Gasteiger partial charge on any atom is -0.368 e. The Morgan fingerprint density at radius 2 is 1.69 bits per heavy atom. The number of benzene rings is 2. The van der Waals surface area contributed by atoms with Crippen LogP contribution in [0.3, 0.4) is 0 Å². The molecule has 0 unspecified atom stereocenters. The molecule has 3 rings (SSSR count). The number of nitrogens with one attached hydrogen (secondary N) is 1. The Hall–Kier alpha value is -2.45. The van der Waals surface area contributed by atoms with Crippen molar-refractivity contribution in [2.24, 2.45) is 0 Å². The number of sulfonamides is 1. The van der Waals surface area contributed by atoms with Crippen molar-refractivity contribution < 1.29 is 17.6 Å². The molecule has 2 aromatic rings. The molecule has 0 atom stereocenters. The van der Waals surface area contributed by atoms with Crippen molar-refractivity contribution in [1.29, 1.82) is 0 Å². The molecule has 0 bridgehead atoms. The summed E-state index contributed by atoms with van der Waals surface area (Å²) in [7, 11) is -2.26. The summed E-state index contributed by atoms with van der Waals surface area (Å²) in [6.07, 6.45) is 0. The lowest BCUT2D eigenvalue weighted by Crippen LogP contribution is -2.48. The number of carbonyl (C=O) groups is 1. The molecule has 1 amide bonds. The Balaban J connectivity index is 1.69. The van der Waals surface area contributed by atoms with Crippen LogP contribution in [0.25, 0.3) is 0 Å². The number of hydrogen-bond acceptors (Lipinski definition) is 4. The molecule has 1 aliphatic heterocycles. The molecule has 1 aliphatic rings. The summed E-state index contributed by atoms with van der Waals surface area (Å²) in [6.45, 7) is 2.29. The number of rotatable bonds is 4. The summed E-state index contributed by atoms with van der Waals surface area (Å²) in [5, 5.41) is 0. The molecule has 1 heterocycles. The van der Waals surface area contributed by atoms with E-state index in [-0.39, 0.29) is 16.6 Å². The zero-order valence-corrected chi connectivity index (χ0v) is 15.2. The Kier molecular flexibility index (Phi) is 5.24. The zero-order valence-electron chi connectivity index (χ0n) is 14.4. The molecule has 138 valence electrons. The molecule has 26 heavy (non-hydrogen) atoms. The van der Waals surface area contributed by atoms with E-state index in [2.05, 4.69) is 9.62 Å². The third-order valence-electron chi connectivity index (χ3n) is 4.42. The van der Waals surface area contributed by atoms with Gasteiger partial charge in [0.1, 0.15) is 5.82 Å². The maximum atomic E-state index is 13.0. The predicted octanol–water partition coefficient (Wildman–Crippen LogP) is 1.70. The molecule has 1 saturated heterocycles. The molecule has 0 aromatic heterocycles. The predicted molar refractivity (Wildman–Crippen MR) is 97.2 cm³/mol. The van der Waals surface area contributed by atoms with Crippen molar-refractivity contribution in [3.05, 3.63) is 59.9 Å². The molecule has 8 heteroatoms. The highest BCUT2D eigenvalue weighted by molar-refractivity contribution is 7.89. The summed E-state index contributed by atoms with van der Waals surface area (Å²) in [5.74, 6) is -0.476. The number of carbonyl (C=O) groups excluding carboxylic acids is 1. The Bertz CT molecular complexity index is 892. The van der Waals surface area contributed by atoms with Crippen LogP contribution in [0.1, 0.15) is 10.4 Å². The van der Waals surface area contributed by atoms with E-state index in [1.807, 2.05) is 0 Å². The van der Waals surface area contributed by atoms with Gasteiger partial charge in [0, 0.05) is 37.4 Å².